The largest absolute Gasteiger partial charge is 0.367 e. The molecule has 16 heavy (non-hydrogen) atoms. The molecule has 0 spiro atoms. The van der Waals surface area contributed by atoms with Crippen LogP contribution in [0.2, 0.25) is 0 Å². The fraction of sp³-hybridized carbons (Fsp3) is 0.273. The van der Waals surface area contributed by atoms with Gasteiger partial charge in [0, 0.05) is 18.6 Å². The fourth-order valence-corrected chi connectivity index (χ4v) is 2.15. The molecule has 0 aromatic rings. The van der Waals surface area contributed by atoms with Gasteiger partial charge in [-0.1, -0.05) is 0 Å². The van der Waals surface area contributed by atoms with Crippen LogP contribution in [-0.2, 0) is 4.79 Å². The van der Waals surface area contributed by atoms with Gasteiger partial charge >= 0.3 is 0 Å². The summed E-state index contributed by atoms with van der Waals surface area (Å²) in [6.07, 6.45) is 11.0. The van der Waals surface area contributed by atoms with Gasteiger partial charge in [-0.15, -0.1) is 0 Å². The monoisotopic (exact) mass is 216 g/mol. The minimum atomic E-state index is -0.787. The number of aliphatic imine (C=N–C) groups is 1. The zero-order chi connectivity index (χ0) is 11.2. The Labute approximate surface area is 93.0 Å². The third-order valence-electron chi connectivity index (χ3n) is 3.20. The number of carbonyl (C=O) groups excluding carboxylic acids is 1. The minimum Gasteiger partial charge on any atom is -0.367 e. The molecule has 2 aliphatic heterocycles. The number of nitrogens with zero attached hydrogens (tertiary/aromatic N) is 2. The Bertz CT molecular complexity index is 474. The second-order valence-corrected chi connectivity index (χ2v) is 4.07. The van der Waals surface area contributed by atoms with Crippen LogP contribution in [0.3, 0.4) is 0 Å². The highest BCUT2D eigenvalue weighted by atomic mass is 16.1. The summed E-state index contributed by atoms with van der Waals surface area (Å²) >= 11 is 0. The SMILES string of the molecule is NC(=O)C12CCC1=CN1C=CC=CNC1=N2. The number of hydrogen-bond donors (Lipinski definition) is 2. The van der Waals surface area contributed by atoms with Crippen LogP contribution in [0.4, 0.5) is 0 Å². The number of nitrogens with two attached hydrogens (primary N) is 1. The number of carbonyl (C=O) groups is 1. The Kier molecular flexibility index (Phi) is 1.71. The van der Waals surface area contributed by atoms with E-state index >= 15 is 0 Å². The summed E-state index contributed by atoms with van der Waals surface area (Å²) in [6, 6.07) is 0. The predicted molar refractivity (Wildman–Crippen MR) is 59.9 cm³/mol. The van der Waals surface area contributed by atoms with Gasteiger partial charge in [-0.25, -0.2) is 4.99 Å². The summed E-state index contributed by atoms with van der Waals surface area (Å²) < 4.78 is 0. The molecule has 1 unspecified atom stereocenters. The molecule has 1 atom stereocenters. The summed E-state index contributed by atoms with van der Waals surface area (Å²) in [5.41, 5.74) is 5.65. The first-order valence-electron chi connectivity index (χ1n) is 5.21. The number of guanidine groups is 1. The molecule has 0 aromatic heterocycles. The van der Waals surface area contributed by atoms with Crippen molar-refractivity contribution in [2.45, 2.75) is 18.4 Å². The molecule has 2 heterocycles. The summed E-state index contributed by atoms with van der Waals surface area (Å²) in [7, 11) is 0. The Morgan fingerprint density at radius 3 is 3.12 bits per heavy atom. The van der Waals surface area contributed by atoms with Crippen LogP contribution in [0.5, 0.6) is 0 Å². The van der Waals surface area contributed by atoms with Crippen LogP contribution in [0.25, 0.3) is 0 Å². The van der Waals surface area contributed by atoms with Crippen LogP contribution in [0, 0.1) is 0 Å². The zero-order valence-electron chi connectivity index (χ0n) is 8.68. The molecular formula is C11H12N4O. The third kappa shape index (κ3) is 1.05. The molecular weight excluding hydrogens is 204 g/mol. The first-order chi connectivity index (χ1) is 7.72. The molecule has 3 aliphatic rings. The minimum absolute atomic E-state index is 0.365. The van der Waals surface area contributed by atoms with Gasteiger partial charge < -0.3 is 11.1 Å². The van der Waals surface area contributed by atoms with E-state index in [-0.39, 0.29) is 5.91 Å². The molecule has 1 fully saturated rings. The maximum Gasteiger partial charge on any atom is 0.249 e. The topological polar surface area (TPSA) is 70.7 Å². The summed E-state index contributed by atoms with van der Waals surface area (Å²) in [4.78, 5) is 17.8. The molecule has 1 amide bonds. The number of nitrogens with one attached hydrogen (secondary N) is 1. The molecule has 82 valence electrons. The van der Waals surface area contributed by atoms with Gasteiger partial charge in [0.15, 0.2) is 5.54 Å². The van der Waals surface area contributed by atoms with Crippen LogP contribution in [0.1, 0.15) is 12.8 Å². The van der Waals surface area contributed by atoms with E-state index in [2.05, 4.69) is 10.3 Å². The van der Waals surface area contributed by atoms with E-state index < -0.39 is 5.54 Å². The number of fused-ring (bicyclic) bond motifs is 2. The quantitative estimate of drug-likeness (QED) is 0.657. The van der Waals surface area contributed by atoms with Crippen LogP contribution >= 0.6 is 0 Å². The molecule has 0 bridgehead atoms. The number of rotatable bonds is 1. The lowest BCUT2D eigenvalue weighted by Crippen LogP contribution is -2.55. The standard InChI is InChI=1S/C11H12N4O/c12-9(16)11-4-3-8(11)7-15-6-2-1-5-13-10(15)14-11/h1-2,5-7H,3-4H2,(H2,12,16)(H,13,14). The lowest BCUT2D eigenvalue weighted by molar-refractivity contribution is -0.123. The predicted octanol–water partition coefficient (Wildman–Crippen LogP) is 0.190. The van der Waals surface area contributed by atoms with Gasteiger partial charge in [-0.3, -0.25) is 9.69 Å². The Balaban J connectivity index is 2.05. The molecule has 5 heteroatoms. The van der Waals surface area contributed by atoms with Crippen molar-refractivity contribution in [1.29, 1.82) is 0 Å². The second kappa shape index (κ2) is 2.98. The van der Waals surface area contributed by atoms with Crippen LogP contribution in [0.15, 0.2) is 41.3 Å². The van der Waals surface area contributed by atoms with Crippen molar-refractivity contribution in [3.8, 4) is 0 Å². The van der Waals surface area contributed by atoms with Crippen molar-refractivity contribution in [2.75, 3.05) is 0 Å². The van der Waals surface area contributed by atoms with Gasteiger partial charge in [0.05, 0.1) is 0 Å². The summed E-state index contributed by atoms with van der Waals surface area (Å²) in [5, 5.41) is 3.03. The normalized spacial score (nSPS) is 30.1. The highest BCUT2D eigenvalue weighted by Gasteiger charge is 2.50. The van der Waals surface area contributed by atoms with Gasteiger partial charge in [-0.05, 0) is 30.6 Å². The van der Waals surface area contributed by atoms with E-state index in [9.17, 15) is 4.79 Å². The molecule has 3 N–H and O–H groups in total. The van der Waals surface area contributed by atoms with E-state index in [0.29, 0.717) is 12.4 Å². The Morgan fingerprint density at radius 1 is 1.56 bits per heavy atom. The van der Waals surface area contributed by atoms with Crippen molar-refractivity contribution >= 4 is 11.9 Å². The second-order valence-electron chi connectivity index (χ2n) is 4.07. The molecule has 5 nitrogen and oxygen atoms in total. The van der Waals surface area contributed by atoms with Crippen molar-refractivity contribution in [3.63, 3.8) is 0 Å². The molecule has 3 rings (SSSR count). The van der Waals surface area contributed by atoms with Gasteiger partial charge in [0.25, 0.3) is 0 Å². The van der Waals surface area contributed by atoms with E-state index in [1.54, 1.807) is 6.20 Å². The van der Waals surface area contributed by atoms with E-state index in [0.717, 1.165) is 12.0 Å². The van der Waals surface area contributed by atoms with Crippen LogP contribution < -0.4 is 11.1 Å². The Morgan fingerprint density at radius 2 is 2.44 bits per heavy atom. The van der Waals surface area contributed by atoms with Gasteiger partial charge in [-0.2, -0.15) is 0 Å². The maximum atomic E-state index is 11.5. The molecule has 0 aromatic carbocycles. The third-order valence-corrected chi connectivity index (χ3v) is 3.20. The number of allylic oxidation sites excluding steroid dienone is 2. The first kappa shape index (κ1) is 9.21. The molecule has 1 saturated carbocycles. The van der Waals surface area contributed by atoms with E-state index in [1.165, 1.54) is 0 Å². The molecule has 0 saturated heterocycles. The van der Waals surface area contributed by atoms with Crippen LogP contribution in [-0.4, -0.2) is 22.3 Å². The van der Waals surface area contributed by atoms with Crippen molar-refractivity contribution < 1.29 is 4.79 Å². The smallest absolute Gasteiger partial charge is 0.249 e. The molecule has 0 radical (unpaired) electrons. The maximum absolute atomic E-state index is 11.5. The number of primary amides is 1. The average molecular weight is 216 g/mol. The van der Waals surface area contributed by atoms with Crippen molar-refractivity contribution in [2.24, 2.45) is 10.7 Å². The highest BCUT2D eigenvalue weighted by molar-refractivity contribution is 5.97. The Hall–Kier alpha value is -2.04. The van der Waals surface area contributed by atoms with E-state index in [1.807, 2.05) is 29.5 Å². The van der Waals surface area contributed by atoms with Gasteiger partial charge in [0.2, 0.25) is 11.9 Å². The van der Waals surface area contributed by atoms with E-state index in [4.69, 9.17) is 5.73 Å². The highest BCUT2D eigenvalue weighted by Crippen LogP contribution is 2.43. The summed E-state index contributed by atoms with van der Waals surface area (Å²) in [5.74, 6) is 0.281. The average Bonchev–Trinajstić information content (AvgIpc) is 2.44. The zero-order valence-corrected chi connectivity index (χ0v) is 8.68. The van der Waals surface area contributed by atoms with Crippen molar-refractivity contribution in [3.05, 3.63) is 36.3 Å². The molecule has 1 aliphatic carbocycles. The van der Waals surface area contributed by atoms with Crippen molar-refractivity contribution in [1.82, 2.24) is 10.2 Å². The van der Waals surface area contributed by atoms with Gasteiger partial charge in [0.1, 0.15) is 0 Å². The number of amides is 1. The lowest BCUT2D eigenvalue weighted by Gasteiger charge is -2.43. The first-order valence-corrected chi connectivity index (χ1v) is 5.21. The number of hydrogen-bond acceptors (Lipinski definition) is 4. The summed E-state index contributed by atoms with van der Waals surface area (Å²) in [6.45, 7) is 0. The fourth-order valence-electron chi connectivity index (χ4n) is 2.15. The lowest BCUT2D eigenvalue weighted by atomic mass is 9.71.